The van der Waals surface area contributed by atoms with E-state index in [-0.39, 0.29) is 41.4 Å². The zero-order valence-corrected chi connectivity index (χ0v) is 18.4. The number of ether oxygens (including phenoxy) is 2. The Balaban J connectivity index is 1.88. The van der Waals surface area contributed by atoms with E-state index in [1.165, 1.54) is 38.3 Å². The highest BCUT2D eigenvalue weighted by molar-refractivity contribution is 7.87. The second kappa shape index (κ2) is 10.1. The van der Waals surface area contributed by atoms with Crippen LogP contribution in [0.5, 0.6) is 11.5 Å². The molecule has 1 amide bonds. The summed E-state index contributed by atoms with van der Waals surface area (Å²) < 4.78 is 53.6. The largest absolute Gasteiger partial charge is 0.493 e. The molecule has 7 nitrogen and oxygen atoms in total. The van der Waals surface area contributed by atoms with Crippen LogP contribution in [0.3, 0.4) is 0 Å². The summed E-state index contributed by atoms with van der Waals surface area (Å²) >= 11 is 0. The standard InChI is InChI=1S/C22H26FNO6S/c1-3-31(26,27)30-21-12-16(9-10-20(21)28-2)14-24(15-19-8-5-11-29-19)22(25)17-6-4-7-18(23)13-17/h4,6-7,9-10,12-13,19H,3,5,8,11,14-15H2,1-2H3/t19-/m1/s1. The molecule has 0 N–H and O–H groups in total. The lowest BCUT2D eigenvalue weighted by atomic mass is 10.1. The molecule has 0 bridgehead atoms. The molecule has 1 atom stereocenters. The average Bonchev–Trinajstić information content (AvgIpc) is 3.26. The first-order chi connectivity index (χ1) is 14.8. The number of nitrogens with zero attached hydrogens (tertiary/aromatic N) is 1. The molecule has 0 saturated carbocycles. The fraction of sp³-hybridized carbons (Fsp3) is 0.409. The molecule has 3 rings (SSSR count). The molecular weight excluding hydrogens is 425 g/mol. The number of hydrogen-bond acceptors (Lipinski definition) is 6. The Kier molecular flexibility index (Phi) is 7.50. The summed E-state index contributed by atoms with van der Waals surface area (Å²) in [7, 11) is -2.34. The number of carbonyl (C=O) groups excluding carboxylic acids is 1. The molecule has 0 aliphatic carbocycles. The number of halogens is 1. The molecule has 31 heavy (non-hydrogen) atoms. The molecule has 1 heterocycles. The number of rotatable bonds is 9. The van der Waals surface area contributed by atoms with Gasteiger partial charge in [-0.05, 0) is 55.7 Å². The Bertz CT molecular complexity index is 1020. The maximum atomic E-state index is 13.7. The zero-order chi connectivity index (χ0) is 22.4. The summed E-state index contributed by atoms with van der Waals surface area (Å²) in [5.41, 5.74) is 0.876. The van der Waals surface area contributed by atoms with Crippen LogP contribution in [-0.2, 0) is 21.4 Å². The summed E-state index contributed by atoms with van der Waals surface area (Å²) in [4.78, 5) is 14.7. The zero-order valence-electron chi connectivity index (χ0n) is 17.5. The van der Waals surface area contributed by atoms with Crippen LogP contribution in [0.1, 0.15) is 35.7 Å². The minimum absolute atomic E-state index is 0.0529. The van der Waals surface area contributed by atoms with Gasteiger partial charge in [0.25, 0.3) is 5.91 Å². The van der Waals surface area contributed by atoms with Crippen LogP contribution in [0.2, 0.25) is 0 Å². The van der Waals surface area contributed by atoms with Crippen LogP contribution in [0.15, 0.2) is 42.5 Å². The van der Waals surface area contributed by atoms with E-state index in [2.05, 4.69) is 0 Å². The fourth-order valence-corrected chi connectivity index (χ4v) is 3.88. The third kappa shape index (κ3) is 6.18. The van der Waals surface area contributed by atoms with Gasteiger partial charge in [0.15, 0.2) is 11.5 Å². The molecule has 2 aromatic carbocycles. The highest BCUT2D eigenvalue weighted by Crippen LogP contribution is 2.30. The Labute approximate surface area is 181 Å². The number of benzene rings is 2. The van der Waals surface area contributed by atoms with Crippen molar-refractivity contribution in [2.24, 2.45) is 0 Å². The smallest absolute Gasteiger partial charge is 0.309 e. The third-order valence-electron chi connectivity index (χ3n) is 4.98. The van der Waals surface area contributed by atoms with Crippen molar-refractivity contribution in [2.75, 3.05) is 26.0 Å². The van der Waals surface area contributed by atoms with Crippen molar-refractivity contribution < 1.29 is 31.3 Å². The van der Waals surface area contributed by atoms with Crippen LogP contribution in [-0.4, -0.2) is 51.3 Å². The summed E-state index contributed by atoms with van der Waals surface area (Å²) in [5, 5.41) is 0. The molecule has 1 saturated heterocycles. The van der Waals surface area contributed by atoms with Crippen molar-refractivity contribution in [1.29, 1.82) is 0 Å². The Morgan fingerprint density at radius 3 is 2.68 bits per heavy atom. The Morgan fingerprint density at radius 1 is 1.23 bits per heavy atom. The second-order valence-corrected chi connectivity index (χ2v) is 9.11. The van der Waals surface area contributed by atoms with Crippen molar-refractivity contribution in [1.82, 2.24) is 4.90 Å². The fourth-order valence-electron chi connectivity index (χ4n) is 3.36. The maximum Gasteiger partial charge on any atom is 0.309 e. The van der Waals surface area contributed by atoms with Crippen molar-refractivity contribution in [2.45, 2.75) is 32.4 Å². The third-order valence-corrected chi connectivity index (χ3v) is 6.12. The Hall–Kier alpha value is -2.65. The lowest BCUT2D eigenvalue weighted by molar-refractivity contribution is 0.0507. The number of carbonyl (C=O) groups is 1. The molecule has 1 fully saturated rings. The van der Waals surface area contributed by atoms with Crippen LogP contribution in [0, 0.1) is 5.82 Å². The monoisotopic (exact) mass is 451 g/mol. The minimum Gasteiger partial charge on any atom is -0.493 e. The summed E-state index contributed by atoms with van der Waals surface area (Å²) in [6.07, 6.45) is 1.65. The minimum atomic E-state index is -3.76. The maximum absolute atomic E-state index is 13.7. The lowest BCUT2D eigenvalue weighted by Gasteiger charge is -2.26. The van der Waals surface area contributed by atoms with Gasteiger partial charge in [-0.3, -0.25) is 4.79 Å². The summed E-state index contributed by atoms with van der Waals surface area (Å²) in [6.45, 7) is 2.63. The summed E-state index contributed by atoms with van der Waals surface area (Å²) in [6, 6.07) is 10.4. The number of methoxy groups -OCH3 is 1. The molecule has 1 aliphatic rings. The van der Waals surface area contributed by atoms with E-state index >= 15 is 0 Å². The molecule has 1 aliphatic heterocycles. The van der Waals surface area contributed by atoms with E-state index < -0.39 is 15.9 Å². The van der Waals surface area contributed by atoms with E-state index in [1.807, 2.05) is 0 Å². The first-order valence-corrected chi connectivity index (χ1v) is 11.6. The van der Waals surface area contributed by atoms with Gasteiger partial charge in [0.1, 0.15) is 5.82 Å². The average molecular weight is 452 g/mol. The molecule has 0 radical (unpaired) electrons. The second-order valence-electron chi connectivity index (χ2n) is 7.25. The van der Waals surface area contributed by atoms with E-state index in [1.54, 1.807) is 23.1 Å². The van der Waals surface area contributed by atoms with E-state index in [0.29, 0.717) is 18.7 Å². The first-order valence-electron chi connectivity index (χ1n) is 10.1. The molecule has 0 unspecified atom stereocenters. The predicted octanol–water partition coefficient (Wildman–Crippen LogP) is 3.38. The van der Waals surface area contributed by atoms with Gasteiger partial charge in [0.2, 0.25) is 0 Å². The number of hydrogen-bond donors (Lipinski definition) is 0. The SMILES string of the molecule is CCS(=O)(=O)Oc1cc(CN(C[C@H]2CCCO2)C(=O)c2cccc(F)c2)ccc1OC. The van der Waals surface area contributed by atoms with Crippen LogP contribution in [0.4, 0.5) is 4.39 Å². The molecule has 2 aromatic rings. The van der Waals surface area contributed by atoms with E-state index in [0.717, 1.165) is 12.8 Å². The molecule has 9 heteroatoms. The quantitative estimate of drug-likeness (QED) is 0.544. The van der Waals surface area contributed by atoms with Gasteiger partial charge in [-0.25, -0.2) is 4.39 Å². The highest BCUT2D eigenvalue weighted by Gasteiger charge is 2.25. The van der Waals surface area contributed by atoms with Gasteiger partial charge in [-0.2, -0.15) is 8.42 Å². The molecular formula is C22H26FNO6S. The van der Waals surface area contributed by atoms with Crippen LogP contribution < -0.4 is 8.92 Å². The Morgan fingerprint density at radius 2 is 2.03 bits per heavy atom. The van der Waals surface area contributed by atoms with Crippen molar-refractivity contribution in [3.8, 4) is 11.5 Å². The highest BCUT2D eigenvalue weighted by atomic mass is 32.2. The van der Waals surface area contributed by atoms with Crippen molar-refractivity contribution in [3.63, 3.8) is 0 Å². The van der Waals surface area contributed by atoms with E-state index in [4.69, 9.17) is 13.7 Å². The topological polar surface area (TPSA) is 82.1 Å². The van der Waals surface area contributed by atoms with Gasteiger partial charge >= 0.3 is 10.1 Å². The predicted molar refractivity (Wildman–Crippen MR) is 113 cm³/mol. The molecule has 0 aromatic heterocycles. The van der Waals surface area contributed by atoms with Crippen molar-refractivity contribution >= 4 is 16.0 Å². The van der Waals surface area contributed by atoms with Gasteiger partial charge in [-0.1, -0.05) is 12.1 Å². The van der Waals surface area contributed by atoms with Crippen LogP contribution in [0.25, 0.3) is 0 Å². The number of amides is 1. The van der Waals surface area contributed by atoms with Gasteiger partial charge in [-0.15, -0.1) is 0 Å². The van der Waals surface area contributed by atoms with Crippen LogP contribution >= 0.6 is 0 Å². The van der Waals surface area contributed by atoms with Gasteiger partial charge < -0.3 is 18.6 Å². The normalized spacial score (nSPS) is 16.2. The van der Waals surface area contributed by atoms with Gasteiger partial charge in [0.05, 0.1) is 19.0 Å². The van der Waals surface area contributed by atoms with Gasteiger partial charge in [0, 0.05) is 25.3 Å². The molecule has 0 spiro atoms. The van der Waals surface area contributed by atoms with Crippen molar-refractivity contribution in [3.05, 3.63) is 59.4 Å². The molecule has 168 valence electrons. The van der Waals surface area contributed by atoms with E-state index in [9.17, 15) is 17.6 Å². The first kappa shape index (κ1) is 23.0. The summed E-state index contributed by atoms with van der Waals surface area (Å²) in [5.74, 6) is -0.703. The lowest BCUT2D eigenvalue weighted by Crippen LogP contribution is -2.37.